The van der Waals surface area contributed by atoms with E-state index in [9.17, 15) is 0 Å². The first-order chi connectivity index (χ1) is 11.6. The maximum absolute atomic E-state index is 6.12. The number of hydrogen-bond donors (Lipinski definition) is 1. The molecule has 0 saturated heterocycles. The smallest absolute Gasteiger partial charge is 0.164 e. The lowest BCUT2D eigenvalue weighted by atomic mass is 10.0. The van der Waals surface area contributed by atoms with Gasteiger partial charge in [-0.1, -0.05) is 18.0 Å². The molecule has 8 heteroatoms. The summed E-state index contributed by atoms with van der Waals surface area (Å²) in [7, 11) is 0. The molecule has 1 fully saturated rings. The van der Waals surface area contributed by atoms with Gasteiger partial charge in [0, 0.05) is 12.0 Å². The topological polar surface area (TPSA) is 95.7 Å². The van der Waals surface area contributed by atoms with Gasteiger partial charge in [0.05, 0.1) is 8.96 Å². The molecule has 3 aromatic rings. The minimum atomic E-state index is 0.161. The monoisotopic (exact) mass is 438 g/mol. The van der Waals surface area contributed by atoms with Crippen molar-refractivity contribution in [2.45, 2.75) is 51.5 Å². The Hall–Kier alpha value is -1.71. The summed E-state index contributed by atoms with van der Waals surface area (Å²) < 4.78 is 8.59. The van der Waals surface area contributed by atoms with Gasteiger partial charge in [0.25, 0.3) is 0 Å². The Kier molecular flexibility index (Phi) is 3.93. The summed E-state index contributed by atoms with van der Waals surface area (Å²) in [5, 5.41) is 9.80. The minimum Gasteiger partial charge on any atom is -0.383 e. The van der Waals surface area contributed by atoms with E-state index in [0.29, 0.717) is 17.4 Å². The zero-order valence-electron chi connectivity index (χ0n) is 13.7. The van der Waals surface area contributed by atoms with E-state index in [4.69, 9.17) is 15.4 Å². The molecule has 3 aromatic heterocycles. The highest BCUT2D eigenvalue weighted by Crippen LogP contribution is 2.41. The molecule has 0 aliphatic heterocycles. The van der Waals surface area contributed by atoms with Crippen LogP contribution in [0, 0.1) is 3.57 Å². The van der Waals surface area contributed by atoms with Crippen molar-refractivity contribution in [2.75, 3.05) is 5.73 Å². The predicted octanol–water partition coefficient (Wildman–Crippen LogP) is 3.91. The van der Waals surface area contributed by atoms with E-state index in [1.807, 2.05) is 4.68 Å². The maximum atomic E-state index is 6.12. The van der Waals surface area contributed by atoms with E-state index in [1.54, 1.807) is 0 Å². The van der Waals surface area contributed by atoms with Crippen LogP contribution >= 0.6 is 22.6 Å². The van der Waals surface area contributed by atoms with Gasteiger partial charge >= 0.3 is 0 Å². The third-order valence-corrected chi connectivity index (χ3v) is 5.66. The SMILES string of the molecule is CC(C)n1nc(-c2noc(C3CCCC3)c2I)c2c(N)ncnc21. The first-order valence-electron chi connectivity index (χ1n) is 8.22. The van der Waals surface area contributed by atoms with Crippen molar-refractivity contribution in [3.8, 4) is 11.4 Å². The zero-order chi connectivity index (χ0) is 16.8. The number of rotatable bonds is 3. The largest absolute Gasteiger partial charge is 0.383 e. The number of nitrogens with two attached hydrogens (primary N) is 1. The summed E-state index contributed by atoms with van der Waals surface area (Å²) in [5.41, 5.74) is 8.29. The number of anilines is 1. The molecule has 0 amide bonds. The minimum absolute atomic E-state index is 0.161. The maximum Gasteiger partial charge on any atom is 0.164 e. The van der Waals surface area contributed by atoms with Gasteiger partial charge < -0.3 is 10.3 Å². The zero-order valence-corrected chi connectivity index (χ0v) is 15.8. The second-order valence-corrected chi connectivity index (χ2v) is 7.61. The van der Waals surface area contributed by atoms with E-state index in [1.165, 1.54) is 19.2 Å². The standard InChI is InChI=1S/C16H19IN6O/c1-8(2)23-16-10(15(18)19-7-20-16)12(21-23)13-11(17)14(24-22-13)9-5-3-4-6-9/h7-9H,3-6H2,1-2H3,(H2,18,19,20). The van der Waals surface area contributed by atoms with Gasteiger partial charge in [-0.15, -0.1) is 0 Å². The van der Waals surface area contributed by atoms with Crippen LogP contribution in [0.1, 0.15) is 57.3 Å². The van der Waals surface area contributed by atoms with Gasteiger partial charge in [-0.2, -0.15) is 5.10 Å². The Labute approximate surface area is 153 Å². The molecule has 24 heavy (non-hydrogen) atoms. The van der Waals surface area contributed by atoms with Crippen molar-refractivity contribution in [3.63, 3.8) is 0 Å². The molecule has 0 unspecified atom stereocenters. The van der Waals surface area contributed by atoms with E-state index in [0.717, 1.165) is 38.9 Å². The quantitative estimate of drug-likeness (QED) is 0.624. The lowest BCUT2D eigenvalue weighted by molar-refractivity contribution is 0.361. The molecule has 7 nitrogen and oxygen atoms in total. The Morgan fingerprint density at radius 1 is 1.25 bits per heavy atom. The van der Waals surface area contributed by atoms with E-state index >= 15 is 0 Å². The molecule has 0 bridgehead atoms. The summed E-state index contributed by atoms with van der Waals surface area (Å²) in [6, 6.07) is 0.161. The second kappa shape index (κ2) is 5.98. The van der Waals surface area contributed by atoms with Crippen molar-refractivity contribution in [2.24, 2.45) is 0 Å². The van der Waals surface area contributed by atoms with Crippen LogP contribution in [-0.2, 0) is 0 Å². The number of nitrogens with zero attached hydrogens (tertiary/aromatic N) is 5. The molecular formula is C16H19IN6O. The van der Waals surface area contributed by atoms with Gasteiger partial charge in [0.2, 0.25) is 0 Å². The highest BCUT2D eigenvalue weighted by Gasteiger charge is 2.29. The van der Waals surface area contributed by atoms with Crippen LogP contribution in [0.15, 0.2) is 10.9 Å². The predicted molar refractivity (Wildman–Crippen MR) is 99.5 cm³/mol. The Balaban J connectivity index is 1.91. The number of fused-ring (bicyclic) bond motifs is 1. The van der Waals surface area contributed by atoms with Gasteiger partial charge in [-0.3, -0.25) is 0 Å². The van der Waals surface area contributed by atoms with Crippen molar-refractivity contribution >= 4 is 39.4 Å². The first kappa shape index (κ1) is 15.8. The van der Waals surface area contributed by atoms with Crippen LogP contribution in [-0.4, -0.2) is 24.9 Å². The Morgan fingerprint density at radius 3 is 2.71 bits per heavy atom. The Bertz CT molecular complexity index is 893. The third kappa shape index (κ3) is 2.38. The lowest BCUT2D eigenvalue weighted by Crippen LogP contribution is -2.04. The average Bonchev–Trinajstić information content (AvgIpc) is 3.25. The summed E-state index contributed by atoms with van der Waals surface area (Å²) in [4.78, 5) is 8.50. The third-order valence-electron chi connectivity index (χ3n) is 4.62. The van der Waals surface area contributed by atoms with Gasteiger partial charge in [-0.25, -0.2) is 14.6 Å². The van der Waals surface area contributed by atoms with Gasteiger partial charge in [0.1, 0.15) is 23.5 Å². The number of hydrogen-bond acceptors (Lipinski definition) is 6. The average molecular weight is 438 g/mol. The molecule has 0 spiro atoms. The van der Waals surface area contributed by atoms with Gasteiger partial charge in [0.15, 0.2) is 11.4 Å². The molecule has 126 valence electrons. The molecule has 0 aromatic carbocycles. The molecule has 0 radical (unpaired) electrons. The van der Waals surface area contributed by atoms with Crippen molar-refractivity contribution in [3.05, 3.63) is 15.7 Å². The molecule has 0 atom stereocenters. The van der Waals surface area contributed by atoms with E-state index in [-0.39, 0.29) is 6.04 Å². The molecular weight excluding hydrogens is 419 g/mol. The molecule has 1 aliphatic carbocycles. The number of aromatic nitrogens is 5. The van der Waals surface area contributed by atoms with Gasteiger partial charge in [-0.05, 0) is 49.3 Å². The van der Waals surface area contributed by atoms with Crippen molar-refractivity contribution < 1.29 is 4.52 Å². The molecule has 1 saturated carbocycles. The van der Waals surface area contributed by atoms with Crippen molar-refractivity contribution in [1.82, 2.24) is 24.9 Å². The summed E-state index contributed by atoms with van der Waals surface area (Å²) >= 11 is 2.31. The van der Waals surface area contributed by atoms with Crippen LogP contribution in [0.4, 0.5) is 5.82 Å². The molecule has 2 N–H and O–H groups in total. The normalized spacial score (nSPS) is 15.8. The summed E-state index contributed by atoms with van der Waals surface area (Å²) in [6.07, 6.45) is 6.30. The fourth-order valence-corrected chi connectivity index (χ4v) is 4.29. The van der Waals surface area contributed by atoms with E-state index < -0.39 is 0 Å². The number of nitrogen functional groups attached to an aromatic ring is 1. The molecule has 4 rings (SSSR count). The van der Waals surface area contributed by atoms with Crippen LogP contribution in [0.5, 0.6) is 0 Å². The van der Waals surface area contributed by atoms with Crippen LogP contribution in [0.2, 0.25) is 0 Å². The lowest BCUT2D eigenvalue weighted by Gasteiger charge is -2.05. The summed E-state index contributed by atoms with van der Waals surface area (Å²) in [6.45, 7) is 4.12. The van der Waals surface area contributed by atoms with Crippen LogP contribution in [0.3, 0.4) is 0 Å². The number of halogens is 1. The fraction of sp³-hybridized carbons (Fsp3) is 0.500. The highest BCUT2D eigenvalue weighted by molar-refractivity contribution is 14.1. The highest BCUT2D eigenvalue weighted by atomic mass is 127. The molecule has 1 aliphatic rings. The summed E-state index contributed by atoms with van der Waals surface area (Å²) in [5.74, 6) is 1.86. The fourth-order valence-electron chi connectivity index (χ4n) is 3.40. The van der Waals surface area contributed by atoms with Crippen molar-refractivity contribution in [1.29, 1.82) is 0 Å². The first-order valence-corrected chi connectivity index (χ1v) is 9.30. The second-order valence-electron chi connectivity index (χ2n) is 6.54. The van der Waals surface area contributed by atoms with E-state index in [2.05, 4.69) is 51.6 Å². The van der Waals surface area contributed by atoms with Crippen LogP contribution < -0.4 is 5.73 Å². The molecule has 3 heterocycles. The van der Waals surface area contributed by atoms with Crippen LogP contribution in [0.25, 0.3) is 22.4 Å². The Morgan fingerprint density at radius 2 is 2.00 bits per heavy atom.